The zero-order chi connectivity index (χ0) is 29.4. The topological polar surface area (TPSA) is 135 Å². The number of alkyl halides is 6. The molecule has 0 radical (unpaired) electrons. The van der Waals surface area contributed by atoms with Gasteiger partial charge in [0, 0.05) is 49.6 Å². The predicted molar refractivity (Wildman–Crippen MR) is 122 cm³/mol. The first kappa shape index (κ1) is 31.0. The Kier molecular flexibility index (Phi) is 10.0. The lowest BCUT2D eigenvalue weighted by molar-refractivity contribution is -0.193. The van der Waals surface area contributed by atoms with E-state index in [1.807, 2.05) is 29.3 Å². The molecule has 2 fully saturated rings. The number of nitriles is 1. The van der Waals surface area contributed by atoms with E-state index in [9.17, 15) is 31.1 Å². The van der Waals surface area contributed by atoms with Crippen LogP contribution in [0.25, 0.3) is 0 Å². The fraction of sp³-hybridized carbons (Fsp3) is 0.375. The number of rotatable bonds is 3. The Morgan fingerprint density at radius 2 is 1.56 bits per heavy atom. The highest BCUT2D eigenvalue weighted by molar-refractivity contribution is 5.96. The number of carboxylic acids is 2. The minimum absolute atomic E-state index is 0.0488. The minimum atomic E-state index is -5.08. The van der Waals surface area contributed by atoms with Crippen molar-refractivity contribution in [1.82, 2.24) is 9.88 Å². The second-order valence-electron chi connectivity index (χ2n) is 8.74. The van der Waals surface area contributed by atoms with Gasteiger partial charge in [-0.25, -0.2) is 9.59 Å². The van der Waals surface area contributed by atoms with Crippen LogP contribution in [0, 0.1) is 16.7 Å². The Morgan fingerprint density at radius 3 is 2.03 bits per heavy atom. The molecule has 2 aromatic rings. The fourth-order valence-corrected chi connectivity index (χ4v) is 4.03. The van der Waals surface area contributed by atoms with Gasteiger partial charge >= 0.3 is 24.3 Å². The maximum atomic E-state index is 12.6. The Labute approximate surface area is 217 Å². The Bertz CT molecular complexity index is 1170. The molecule has 15 heteroatoms. The molecule has 1 unspecified atom stereocenters. The van der Waals surface area contributed by atoms with E-state index in [1.54, 1.807) is 18.3 Å². The average molecular weight is 560 g/mol. The van der Waals surface area contributed by atoms with E-state index in [0.29, 0.717) is 12.0 Å². The van der Waals surface area contributed by atoms with E-state index >= 15 is 0 Å². The maximum absolute atomic E-state index is 12.6. The number of hydrogen-bond acceptors (Lipinski definition) is 6. The number of amides is 1. The summed E-state index contributed by atoms with van der Waals surface area (Å²) in [5, 5.41) is 23.2. The van der Waals surface area contributed by atoms with Crippen LogP contribution in [0.4, 0.5) is 32.0 Å². The molecule has 1 aromatic carbocycles. The van der Waals surface area contributed by atoms with Gasteiger partial charge in [0.15, 0.2) is 0 Å². The molecule has 9 nitrogen and oxygen atoms in total. The van der Waals surface area contributed by atoms with Crippen molar-refractivity contribution >= 4 is 23.5 Å². The average Bonchev–Trinajstić information content (AvgIpc) is 3.40. The first-order chi connectivity index (χ1) is 18.1. The lowest BCUT2D eigenvalue weighted by atomic mass is 9.86. The van der Waals surface area contributed by atoms with Crippen molar-refractivity contribution in [1.29, 1.82) is 5.26 Å². The molecule has 2 aliphatic rings. The molecule has 1 amide bonds. The first-order valence-electron chi connectivity index (χ1n) is 11.1. The summed E-state index contributed by atoms with van der Waals surface area (Å²) in [5.74, 6) is -5.33. The number of aliphatic carboxylic acids is 2. The van der Waals surface area contributed by atoms with Crippen LogP contribution in [0.15, 0.2) is 48.8 Å². The second kappa shape index (κ2) is 12.6. The normalized spacial score (nSPS) is 19.0. The molecule has 2 N–H and O–H groups in total. The van der Waals surface area contributed by atoms with Crippen LogP contribution in [-0.4, -0.2) is 69.9 Å². The van der Waals surface area contributed by atoms with E-state index < -0.39 is 24.3 Å². The van der Waals surface area contributed by atoms with Crippen molar-refractivity contribution in [2.24, 2.45) is 5.41 Å². The van der Waals surface area contributed by atoms with E-state index in [2.05, 4.69) is 22.0 Å². The molecular formula is C24H22F6N4O5. The third kappa shape index (κ3) is 9.25. The van der Waals surface area contributed by atoms with Gasteiger partial charge in [0.2, 0.25) is 5.91 Å². The largest absolute Gasteiger partial charge is 0.490 e. The van der Waals surface area contributed by atoms with Crippen molar-refractivity contribution in [3.63, 3.8) is 0 Å². The highest BCUT2D eigenvalue weighted by Gasteiger charge is 2.47. The van der Waals surface area contributed by atoms with Crippen LogP contribution in [-0.2, 0) is 20.9 Å². The van der Waals surface area contributed by atoms with Gasteiger partial charge in [-0.1, -0.05) is 6.07 Å². The van der Waals surface area contributed by atoms with Crippen molar-refractivity contribution in [2.45, 2.75) is 31.7 Å². The van der Waals surface area contributed by atoms with E-state index in [1.165, 1.54) is 5.56 Å². The summed E-state index contributed by atoms with van der Waals surface area (Å²) in [6.45, 7) is 3.62. The first-order valence-corrected chi connectivity index (χ1v) is 11.1. The molecule has 0 bridgehead atoms. The molecule has 1 atom stereocenters. The number of anilines is 1. The number of carbonyl (C=O) groups excluding carboxylic acids is 1. The summed E-state index contributed by atoms with van der Waals surface area (Å²) in [5.41, 5.74) is 2.78. The molecule has 0 aliphatic carbocycles. The van der Waals surface area contributed by atoms with Gasteiger partial charge in [0.05, 0.1) is 11.6 Å². The van der Waals surface area contributed by atoms with Gasteiger partial charge in [-0.15, -0.1) is 0 Å². The number of nitrogens with zero attached hydrogens (tertiary/aromatic N) is 4. The van der Waals surface area contributed by atoms with E-state index in [4.69, 9.17) is 25.1 Å². The molecule has 2 saturated heterocycles. The van der Waals surface area contributed by atoms with Gasteiger partial charge in [-0.3, -0.25) is 14.7 Å². The van der Waals surface area contributed by atoms with E-state index in [-0.39, 0.29) is 11.3 Å². The second-order valence-corrected chi connectivity index (χ2v) is 8.74. The molecule has 1 aromatic heterocycles. The summed E-state index contributed by atoms with van der Waals surface area (Å²) in [7, 11) is 0. The maximum Gasteiger partial charge on any atom is 0.490 e. The number of aromatic nitrogens is 1. The molecule has 4 rings (SSSR count). The number of likely N-dealkylation sites (tertiary alicyclic amines) is 1. The molecule has 210 valence electrons. The Morgan fingerprint density at radius 1 is 1.00 bits per heavy atom. The van der Waals surface area contributed by atoms with Crippen molar-refractivity contribution in [2.75, 3.05) is 24.5 Å². The number of hydrogen-bond donors (Lipinski definition) is 2. The predicted octanol–water partition coefficient (Wildman–Crippen LogP) is 3.85. The monoisotopic (exact) mass is 560 g/mol. The van der Waals surface area contributed by atoms with Gasteiger partial charge in [0.25, 0.3) is 0 Å². The van der Waals surface area contributed by atoms with Crippen molar-refractivity contribution < 1.29 is 50.9 Å². The molecular weight excluding hydrogens is 538 g/mol. The number of carbonyl (C=O) groups is 3. The molecule has 0 saturated carbocycles. The molecule has 39 heavy (non-hydrogen) atoms. The summed E-state index contributed by atoms with van der Waals surface area (Å²) in [6, 6.07) is 13.5. The molecule has 3 heterocycles. The molecule has 2 aliphatic heterocycles. The number of carboxylic acid groups (broad SMARTS) is 2. The Hall–Kier alpha value is -4.19. The quantitative estimate of drug-likeness (QED) is 0.541. The molecule has 1 spiro atoms. The third-order valence-corrected chi connectivity index (χ3v) is 5.76. The van der Waals surface area contributed by atoms with Gasteiger partial charge < -0.3 is 15.1 Å². The lowest BCUT2D eigenvalue weighted by Crippen LogP contribution is -2.31. The van der Waals surface area contributed by atoms with Gasteiger partial charge in [-0.05, 0) is 48.9 Å². The van der Waals surface area contributed by atoms with Crippen molar-refractivity contribution in [3.8, 4) is 6.07 Å². The SMILES string of the molecule is N#Cc1ccc(N2CC3(CCN(Cc4cccnc4)C3)CC2=O)cc1.O=C(O)C(F)(F)F.O=C(O)C(F)(F)F. The fourth-order valence-electron chi connectivity index (χ4n) is 4.03. The standard InChI is InChI=1S/C20H20N4O.2C2HF3O2/c21-11-16-3-5-18(6-4-16)24-15-20(10-19(24)25)7-9-23(14-20)13-17-2-1-8-22-12-17;2*3-2(4,5)1(6)7/h1-6,8,12H,7,9-10,13-15H2;2*(H,6,7). The highest BCUT2D eigenvalue weighted by atomic mass is 19.4. The van der Waals surface area contributed by atoms with Crippen LogP contribution in [0.3, 0.4) is 0 Å². The minimum Gasteiger partial charge on any atom is -0.475 e. The number of benzene rings is 1. The third-order valence-electron chi connectivity index (χ3n) is 5.76. The van der Waals surface area contributed by atoms with Gasteiger partial charge in [-0.2, -0.15) is 31.6 Å². The number of pyridine rings is 1. The smallest absolute Gasteiger partial charge is 0.475 e. The number of halogens is 6. The Balaban J connectivity index is 0.000000317. The summed E-state index contributed by atoms with van der Waals surface area (Å²) in [6.07, 6.45) is -4.81. The van der Waals surface area contributed by atoms with Crippen LogP contribution in [0.2, 0.25) is 0 Å². The summed E-state index contributed by atoms with van der Waals surface area (Å²) < 4.78 is 63.5. The van der Waals surface area contributed by atoms with Crippen LogP contribution in [0.5, 0.6) is 0 Å². The highest BCUT2D eigenvalue weighted by Crippen LogP contribution is 2.42. The zero-order valence-corrected chi connectivity index (χ0v) is 20.0. The van der Waals surface area contributed by atoms with E-state index in [0.717, 1.165) is 38.3 Å². The summed E-state index contributed by atoms with van der Waals surface area (Å²) >= 11 is 0. The zero-order valence-electron chi connectivity index (χ0n) is 20.0. The van der Waals surface area contributed by atoms with Crippen LogP contribution < -0.4 is 4.90 Å². The van der Waals surface area contributed by atoms with Crippen LogP contribution in [0.1, 0.15) is 24.0 Å². The van der Waals surface area contributed by atoms with Crippen LogP contribution >= 0.6 is 0 Å². The summed E-state index contributed by atoms with van der Waals surface area (Å²) in [4.78, 5) is 38.9. The lowest BCUT2D eigenvalue weighted by Gasteiger charge is -2.24. The van der Waals surface area contributed by atoms with Crippen molar-refractivity contribution in [3.05, 3.63) is 59.9 Å². The van der Waals surface area contributed by atoms with Gasteiger partial charge in [0.1, 0.15) is 0 Å².